The van der Waals surface area contributed by atoms with Crippen molar-refractivity contribution < 1.29 is 25.3 Å². The van der Waals surface area contributed by atoms with Gasteiger partial charge < -0.3 is 25.3 Å². The molecule has 0 aliphatic carbocycles. The molecule has 5 nitrogen and oxygen atoms in total. The number of hydrogen-bond acceptors (Lipinski definition) is 5. The van der Waals surface area contributed by atoms with Crippen molar-refractivity contribution in [2.45, 2.75) is 0 Å². The van der Waals surface area contributed by atoms with Crippen molar-refractivity contribution in [1.29, 1.82) is 0 Å². The Labute approximate surface area is 67.4 Å². The van der Waals surface area contributed by atoms with E-state index in [9.17, 15) is 19.8 Å². The minimum absolute atomic E-state index is 0. The maximum Gasteiger partial charge on any atom is 3.00 e. The molecule has 0 fully saturated rings. The van der Waals surface area contributed by atoms with Gasteiger partial charge in [-0.05, 0) is 12.2 Å². The first kappa shape index (κ1) is 16.1. The van der Waals surface area contributed by atoms with E-state index < -0.39 is 11.9 Å². The quantitative estimate of drug-likeness (QED) is 0.305. The molecular formula is C4H3AlO5. The van der Waals surface area contributed by atoms with Crippen LogP contribution in [0.15, 0.2) is 12.2 Å². The van der Waals surface area contributed by atoms with Crippen molar-refractivity contribution in [1.82, 2.24) is 0 Å². The minimum Gasteiger partial charge on any atom is -0.870 e. The van der Waals surface area contributed by atoms with Crippen LogP contribution in [0.2, 0.25) is 0 Å². The van der Waals surface area contributed by atoms with E-state index in [1.54, 1.807) is 0 Å². The Morgan fingerprint density at radius 3 is 1.30 bits per heavy atom. The molecule has 0 saturated carbocycles. The van der Waals surface area contributed by atoms with Crippen LogP contribution >= 0.6 is 0 Å². The summed E-state index contributed by atoms with van der Waals surface area (Å²) in [5.41, 5.74) is 0. The molecule has 0 aromatic heterocycles. The van der Waals surface area contributed by atoms with Gasteiger partial charge in [0.15, 0.2) is 0 Å². The molecule has 0 spiro atoms. The number of carbonyl (C=O) groups is 2. The third kappa shape index (κ3) is 15.7. The predicted octanol–water partition coefficient (Wildman–Crippen LogP) is -3.52. The summed E-state index contributed by atoms with van der Waals surface area (Å²) in [4.78, 5) is 18.8. The van der Waals surface area contributed by atoms with E-state index in [0.717, 1.165) is 0 Å². The summed E-state index contributed by atoms with van der Waals surface area (Å²) >= 11 is 0. The smallest absolute Gasteiger partial charge is 0.870 e. The van der Waals surface area contributed by atoms with Gasteiger partial charge in [0.25, 0.3) is 0 Å². The number of carbonyl (C=O) groups excluding carboxylic acids is 2. The fourth-order valence-electron chi connectivity index (χ4n) is 0.136. The summed E-state index contributed by atoms with van der Waals surface area (Å²) in [6.07, 6.45) is 0.769. The molecule has 0 bridgehead atoms. The average Bonchev–Trinajstić information content (AvgIpc) is 1.61. The van der Waals surface area contributed by atoms with Crippen LogP contribution in [0, 0.1) is 0 Å². The maximum atomic E-state index is 9.41. The van der Waals surface area contributed by atoms with Gasteiger partial charge in [0.1, 0.15) is 0 Å². The topological polar surface area (TPSA) is 110 Å². The molecule has 1 N–H and O–H groups in total. The molecule has 0 atom stereocenters. The number of carboxylic acid groups (broad SMARTS) is 2. The minimum atomic E-state index is -1.55. The summed E-state index contributed by atoms with van der Waals surface area (Å²) in [6, 6.07) is 0. The molecule has 0 aliphatic rings. The van der Waals surface area contributed by atoms with Crippen LogP contribution in [0.1, 0.15) is 0 Å². The van der Waals surface area contributed by atoms with E-state index in [-0.39, 0.29) is 22.8 Å². The van der Waals surface area contributed by atoms with E-state index in [2.05, 4.69) is 0 Å². The average molecular weight is 158 g/mol. The molecule has 0 aromatic rings. The summed E-state index contributed by atoms with van der Waals surface area (Å²) in [5, 5.41) is 18.8. The summed E-state index contributed by atoms with van der Waals surface area (Å²) in [7, 11) is 0. The van der Waals surface area contributed by atoms with Crippen molar-refractivity contribution in [2.75, 3.05) is 0 Å². The van der Waals surface area contributed by atoms with Gasteiger partial charge in [-0.15, -0.1) is 0 Å². The second kappa shape index (κ2) is 8.17. The molecule has 52 valence electrons. The second-order valence-electron chi connectivity index (χ2n) is 0.971. The number of hydrogen-bond donors (Lipinski definition) is 0. The molecule has 0 aromatic carbocycles. The van der Waals surface area contributed by atoms with Gasteiger partial charge in [-0.1, -0.05) is 0 Å². The zero-order valence-corrected chi connectivity index (χ0v) is 5.97. The third-order valence-electron chi connectivity index (χ3n) is 0.355. The third-order valence-corrected chi connectivity index (χ3v) is 0.355. The van der Waals surface area contributed by atoms with E-state index in [1.807, 2.05) is 0 Å². The second-order valence-corrected chi connectivity index (χ2v) is 0.971. The molecular weight excluding hydrogens is 155 g/mol. The van der Waals surface area contributed by atoms with E-state index >= 15 is 0 Å². The van der Waals surface area contributed by atoms with Gasteiger partial charge in [0.2, 0.25) is 0 Å². The van der Waals surface area contributed by atoms with Crippen LogP contribution in [-0.2, 0) is 9.59 Å². The summed E-state index contributed by atoms with van der Waals surface area (Å²) in [5.74, 6) is -3.09. The standard InChI is InChI=1S/C4H4O4.Al.H2O/c5-3(6)1-2-4(7)8;;/h1-2H,(H,5,6)(H,7,8);;1H2/q;+3;/p-3/b2-1+;;. The number of aliphatic carboxylic acids is 2. The first-order chi connectivity index (χ1) is 3.63. The molecule has 0 amide bonds. The molecule has 6 heteroatoms. The first-order valence-corrected chi connectivity index (χ1v) is 1.73. The van der Waals surface area contributed by atoms with Crippen molar-refractivity contribution in [3.05, 3.63) is 12.2 Å². The van der Waals surface area contributed by atoms with Crippen molar-refractivity contribution in [3.63, 3.8) is 0 Å². The van der Waals surface area contributed by atoms with E-state index in [1.165, 1.54) is 0 Å². The van der Waals surface area contributed by atoms with Crippen molar-refractivity contribution in [2.24, 2.45) is 0 Å². The Bertz CT molecular complexity index is 125. The number of carboxylic acids is 2. The summed E-state index contributed by atoms with van der Waals surface area (Å²) < 4.78 is 0. The van der Waals surface area contributed by atoms with E-state index in [4.69, 9.17) is 0 Å². The van der Waals surface area contributed by atoms with Crippen molar-refractivity contribution in [3.8, 4) is 0 Å². The fraction of sp³-hybridized carbons (Fsp3) is 0. The van der Waals surface area contributed by atoms with Gasteiger partial charge in [-0.3, -0.25) is 0 Å². The molecule has 10 heavy (non-hydrogen) atoms. The van der Waals surface area contributed by atoms with Gasteiger partial charge in [-0.2, -0.15) is 0 Å². The van der Waals surface area contributed by atoms with Gasteiger partial charge >= 0.3 is 17.4 Å². The van der Waals surface area contributed by atoms with Gasteiger partial charge in [-0.25, -0.2) is 0 Å². The molecule has 0 rings (SSSR count). The zero-order chi connectivity index (χ0) is 6.57. The van der Waals surface area contributed by atoms with Crippen LogP contribution in [0.25, 0.3) is 0 Å². The Kier molecular flexibility index (Phi) is 13.1. The van der Waals surface area contributed by atoms with Crippen molar-refractivity contribution >= 4 is 29.3 Å². The first-order valence-electron chi connectivity index (χ1n) is 1.73. The summed E-state index contributed by atoms with van der Waals surface area (Å²) in [6.45, 7) is 0. The predicted molar refractivity (Wildman–Crippen MR) is 26.8 cm³/mol. The Morgan fingerprint density at radius 1 is 1.00 bits per heavy atom. The molecule has 0 aliphatic heterocycles. The van der Waals surface area contributed by atoms with Crippen LogP contribution in [-0.4, -0.2) is 34.8 Å². The Morgan fingerprint density at radius 2 is 1.20 bits per heavy atom. The van der Waals surface area contributed by atoms with Crippen LogP contribution < -0.4 is 10.2 Å². The Hall–Kier alpha value is -0.828. The monoisotopic (exact) mass is 158 g/mol. The fourth-order valence-corrected chi connectivity index (χ4v) is 0.136. The molecule has 0 radical (unpaired) electrons. The van der Waals surface area contributed by atoms with Crippen LogP contribution in [0.5, 0.6) is 0 Å². The molecule has 0 heterocycles. The van der Waals surface area contributed by atoms with Crippen LogP contribution in [0.4, 0.5) is 0 Å². The number of rotatable bonds is 2. The maximum absolute atomic E-state index is 9.41. The van der Waals surface area contributed by atoms with Gasteiger partial charge in [0.05, 0.1) is 11.9 Å². The largest absolute Gasteiger partial charge is 3.00 e. The Balaban J connectivity index is -0.000000245. The van der Waals surface area contributed by atoms with E-state index in [0.29, 0.717) is 12.2 Å². The molecule has 0 unspecified atom stereocenters. The zero-order valence-electron chi connectivity index (χ0n) is 4.81. The molecule has 0 saturated heterocycles. The SMILES string of the molecule is O=C([O-])/C=C/C(=O)[O-].[Al+3].[OH-]. The van der Waals surface area contributed by atoms with Gasteiger partial charge in [0, 0.05) is 0 Å². The normalized spacial score (nSPS) is 7.60. The van der Waals surface area contributed by atoms with Crippen LogP contribution in [0.3, 0.4) is 0 Å².